The fraction of sp³-hybridized carbons (Fsp3) is 0.176. The van der Waals surface area contributed by atoms with Crippen LogP contribution in [0.2, 0.25) is 6.55 Å². The minimum atomic E-state index is -2.33. The number of hydrogen-bond acceptors (Lipinski definition) is 2. The second-order valence-electron chi connectivity index (χ2n) is 5.08. The molecule has 3 aromatic carbocycles. The van der Waals surface area contributed by atoms with E-state index in [1.807, 2.05) is 0 Å². The molecule has 0 aliphatic heterocycles. The zero-order valence-corrected chi connectivity index (χ0v) is 13.0. The minimum Gasteiger partial charge on any atom is -0.394 e. The summed E-state index contributed by atoms with van der Waals surface area (Å²) in [6.07, 6.45) is 0. The Balaban J connectivity index is 2.36. The third-order valence-corrected chi connectivity index (χ3v) is 6.99. The molecule has 3 rings (SSSR count). The van der Waals surface area contributed by atoms with Crippen molar-refractivity contribution in [3.63, 3.8) is 0 Å². The number of rotatable bonds is 3. The molecule has 0 saturated carbocycles. The molecule has 0 fully saturated rings. The average molecular weight is 282 g/mol. The van der Waals surface area contributed by atoms with Crippen LogP contribution in [0.25, 0.3) is 21.5 Å². The summed E-state index contributed by atoms with van der Waals surface area (Å²) in [5.41, 5.74) is 0. The fourth-order valence-corrected chi connectivity index (χ4v) is 4.38. The monoisotopic (exact) mass is 282 g/mol. The van der Waals surface area contributed by atoms with Crippen LogP contribution in [0, 0.1) is 0 Å². The van der Waals surface area contributed by atoms with Crippen molar-refractivity contribution in [2.45, 2.75) is 6.55 Å². The summed E-state index contributed by atoms with van der Waals surface area (Å²) in [6, 6.07) is 19.2. The predicted octanol–water partition coefficient (Wildman–Crippen LogP) is 3.56. The standard InChI is InChI=1S/C17H18O2Si/c1-18-20(3,19-2)17-10-6-9-15-11-13-7-4-5-8-14(13)12-16(15)17/h4-12H,1-3H3. The Morgan fingerprint density at radius 3 is 2.00 bits per heavy atom. The Bertz CT molecular complexity index is 763. The van der Waals surface area contributed by atoms with Gasteiger partial charge in [-0.2, -0.15) is 0 Å². The summed E-state index contributed by atoms with van der Waals surface area (Å²) in [6.45, 7) is 2.08. The Hall–Kier alpha value is -1.68. The van der Waals surface area contributed by atoms with Crippen molar-refractivity contribution >= 4 is 35.3 Å². The number of benzene rings is 3. The highest BCUT2D eigenvalue weighted by Gasteiger charge is 2.33. The van der Waals surface area contributed by atoms with Gasteiger partial charge in [0, 0.05) is 19.4 Å². The molecule has 0 aliphatic carbocycles. The minimum absolute atomic E-state index is 1.19. The van der Waals surface area contributed by atoms with Crippen LogP contribution >= 0.6 is 0 Å². The van der Waals surface area contributed by atoms with Gasteiger partial charge in [0.2, 0.25) is 0 Å². The summed E-state index contributed by atoms with van der Waals surface area (Å²) < 4.78 is 11.4. The predicted molar refractivity (Wildman–Crippen MR) is 86.7 cm³/mol. The van der Waals surface area contributed by atoms with Gasteiger partial charge in [0.25, 0.3) is 0 Å². The van der Waals surface area contributed by atoms with Gasteiger partial charge in [-0.1, -0.05) is 42.5 Å². The molecule has 2 nitrogen and oxygen atoms in total. The van der Waals surface area contributed by atoms with Crippen LogP contribution < -0.4 is 5.19 Å². The molecule has 3 heteroatoms. The molecule has 0 aliphatic rings. The van der Waals surface area contributed by atoms with E-state index in [-0.39, 0.29) is 0 Å². The maximum Gasteiger partial charge on any atom is 0.369 e. The van der Waals surface area contributed by atoms with Gasteiger partial charge in [0.1, 0.15) is 0 Å². The SMILES string of the molecule is CO[Si](C)(OC)c1cccc2cc3ccccc3cc12. The number of hydrogen-bond donors (Lipinski definition) is 0. The summed E-state index contributed by atoms with van der Waals surface area (Å²) in [5, 5.41) is 6.15. The van der Waals surface area contributed by atoms with E-state index in [4.69, 9.17) is 8.85 Å². The second-order valence-corrected chi connectivity index (χ2v) is 8.33. The molecule has 0 amide bonds. The summed E-state index contributed by atoms with van der Waals surface area (Å²) >= 11 is 0. The van der Waals surface area contributed by atoms with E-state index in [1.165, 1.54) is 26.7 Å². The highest BCUT2D eigenvalue weighted by Crippen LogP contribution is 2.23. The van der Waals surface area contributed by atoms with Crippen LogP contribution in [-0.4, -0.2) is 22.8 Å². The molecule has 0 saturated heterocycles. The van der Waals surface area contributed by atoms with Crippen molar-refractivity contribution in [3.05, 3.63) is 54.6 Å². The van der Waals surface area contributed by atoms with Crippen LogP contribution in [0.15, 0.2) is 54.6 Å². The van der Waals surface area contributed by atoms with Gasteiger partial charge in [-0.05, 0) is 40.2 Å². The van der Waals surface area contributed by atoms with Gasteiger partial charge < -0.3 is 8.85 Å². The van der Waals surface area contributed by atoms with E-state index < -0.39 is 8.56 Å². The first-order chi connectivity index (χ1) is 9.68. The number of fused-ring (bicyclic) bond motifs is 2. The van der Waals surface area contributed by atoms with Crippen molar-refractivity contribution < 1.29 is 8.85 Å². The Labute approximate surface area is 120 Å². The van der Waals surface area contributed by atoms with Crippen LogP contribution in [0.4, 0.5) is 0 Å². The van der Waals surface area contributed by atoms with Crippen molar-refractivity contribution in [1.82, 2.24) is 0 Å². The molecule has 0 radical (unpaired) electrons. The quantitative estimate of drug-likeness (QED) is 0.540. The Kier molecular flexibility index (Phi) is 3.34. The topological polar surface area (TPSA) is 18.5 Å². The fourth-order valence-electron chi connectivity index (χ4n) is 2.67. The highest BCUT2D eigenvalue weighted by atomic mass is 28.4. The van der Waals surface area contributed by atoms with Crippen molar-refractivity contribution in [3.8, 4) is 0 Å². The second kappa shape index (κ2) is 5.02. The molecular weight excluding hydrogens is 264 g/mol. The lowest BCUT2D eigenvalue weighted by atomic mass is 10.0. The van der Waals surface area contributed by atoms with Crippen LogP contribution in [0.1, 0.15) is 0 Å². The van der Waals surface area contributed by atoms with Gasteiger partial charge in [0.05, 0.1) is 0 Å². The van der Waals surface area contributed by atoms with E-state index in [9.17, 15) is 0 Å². The first-order valence-electron chi connectivity index (χ1n) is 6.70. The molecule has 0 aromatic heterocycles. The van der Waals surface area contributed by atoms with Crippen molar-refractivity contribution in [2.24, 2.45) is 0 Å². The largest absolute Gasteiger partial charge is 0.394 e. The maximum absolute atomic E-state index is 5.71. The van der Waals surface area contributed by atoms with E-state index in [0.29, 0.717) is 0 Å². The Morgan fingerprint density at radius 2 is 1.35 bits per heavy atom. The smallest absolute Gasteiger partial charge is 0.369 e. The zero-order valence-electron chi connectivity index (χ0n) is 12.0. The molecule has 0 unspecified atom stereocenters. The molecule has 0 bridgehead atoms. The van der Waals surface area contributed by atoms with E-state index in [1.54, 1.807) is 14.2 Å². The summed E-state index contributed by atoms with van der Waals surface area (Å²) in [4.78, 5) is 0. The third-order valence-electron chi connectivity index (χ3n) is 4.01. The summed E-state index contributed by atoms with van der Waals surface area (Å²) in [5.74, 6) is 0. The van der Waals surface area contributed by atoms with Gasteiger partial charge >= 0.3 is 8.56 Å². The lowest BCUT2D eigenvalue weighted by molar-refractivity contribution is 0.265. The van der Waals surface area contributed by atoms with E-state index in [0.717, 1.165) is 0 Å². The molecule has 0 N–H and O–H groups in total. The molecule has 0 spiro atoms. The van der Waals surface area contributed by atoms with Gasteiger partial charge in [-0.25, -0.2) is 0 Å². The molecule has 102 valence electrons. The first-order valence-corrected chi connectivity index (χ1v) is 9.02. The molecule has 0 atom stereocenters. The maximum atomic E-state index is 5.71. The molecule has 0 heterocycles. The molecular formula is C17H18O2Si. The lowest BCUT2D eigenvalue weighted by Crippen LogP contribution is -2.49. The summed E-state index contributed by atoms with van der Waals surface area (Å²) in [7, 11) is 1.14. The third kappa shape index (κ3) is 2.04. The van der Waals surface area contributed by atoms with Crippen molar-refractivity contribution in [1.29, 1.82) is 0 Å². The van der Waals surface area contributed by atoms with Crippen LogP contribution in [0.5, 0.6) is 0 Å². The van der Waals surface area contributed by atoms with Gasteiger partial charge in [0.15, 0.2) is 0 Å². The highest BCUT2D eigenvalue weighted by molar-refractivity contribution is 6.82. The van der Waals surface area contributed by atoms with Gasteiger partial charge in [-0.3, -0.25) is 0 Å². The lowest BCUT2D eigenvalue weighted by Gasteiger charge is -2.24. The molecule has 20 heavy (non-hydrogen) atoms. The molecule has 3 aromatic rings. The van der Waals surface area contributed by atoms with Gasteiger partial charge in [-0.15, -0.1) is 0 Å². The van der Waals surface area contributed by atoms with Crippen LogP contribution in [0.3, 0.4) is 0 Å². The normalized spacial score (nSPS) is 12.2. The Morgan fingerprint density at radius 1 is 0.750 bits per heavy atom. The van der Waals surface area contributed by atoms with Crippen LogP contribution in [-0.2, 0) is 8.85 Å². The van der Waals surface area contributed by atoms with E-state index >= 15 is 0 Å². The van der Waals surface area contributed by atoms with Crippen molar-refractivity contribution in [2.75, 3.05) is 14.2 Å². The van der Waals surface area contributed by atoms with E-state index in [2.05, 4.69) is 61.1 Å². The zero-order chi connectivity index (χ0) is 14.2. The first kappa shape index (κ1) is 13.3. The average Bonchev–Trinajstić information content (AvgIpc) is 2.51.